The Morgan fingerprint density at radius 3 is 1.74 bits per heavy atom. The highest BCUT2D eigenvalue weighted by Gasteiger charge is 2.12. The second-order valence-corrected chi connectivity index (χ2v) is 8.07. The molecule has 0 amide bonds. The van der Waals surface area contributed by atoms with Gasteiger partial charge in [-0.15, -0.1) is 0 Å². The van der Waals surface area contributed by atoms with Crippen molar-refractivity contribution in [2.75, 3.05) is 6.61 Å². The van der Waals surface area contributed by atoms with Gasteiger partial charge in [0.1, 0.15) is 6.10 Å². The van der Waals surface area contributed by atoms with Crippen molar-refractivity contribution in [2.24, 2.45) is 5.92 Å². The highest BCUT2D eigenvalue weighted by molar-refractivity contribution is 5.69. The zero-order chi connectivity index (χ0) is 20.3. The lowest BCUT2D eigenvalue weighted by atomic mass is 10.1. The predicted molar refractivity (Wildman–Crippen MR) is 112 cm³/mol. The van der Waals surface area contributed by atoms with Gasteiger partial charge in [-0.3, -0.25) is 9.59 Å². The van der Waals surface area contributed by atoms with Crippen LogP contribution in [0.3, 0.4) is 0 Å². The Balaban J connectivity index is 3.48. The molecular weight excluding hydrogens is 340 g/mol. The van der Waals surface area contributed by atoms with Crippen LogP contribution >= 0.6 is 0 Å². The van der Waals surface area contributed by atoms with Crippen LogP contribution in [0.1, 0.15) is 118 Å². The summed E-state index contributed by atoms with van der Waals surface area (Å²) in [4.78, 5) is 23.5. The van der Waals surface area contributed by atoms with Crippen LogP contribution < -0.4 is 0 Å². The molecule has 0 radical (unpaired) electrons. The third-order valence-electron chi connectivity index (χ3n) is 4.72. The van der Waals surface area contributed by atoms with E-state index in [2.05, 4.69) is 27.7 Å². The van der Waals surface area contributed by atoms with Crippen LogP contribution in [0.15, 0.2) is 0 Å². The summed E-state index contributed by atoms with van der Waals surface area (Å²) < 4.78 is 10.8. The molecule has 0 N–H and O–H groups in total. The van der Waals surface area contributed by atoms with Gasteiger partial charge in [0, 0.05) is 12.8 Å². The molecule has 0 saturated heterocycles. The Morgan fingerprint density at radius 2 is 1.22 bits per heavy atom. The molecule has 0 atom stereocenters. The third-order valence-corrected chi connectivity index (χ3v) is 4.72. The summed E-state index contributed by atoms with van der Waals surface area (Å²) in [6, 6.07) is 0. The highest BCUT2D eigenvalue weighted by atomic mass is 16.5. The summed E-state index contributed by atoms with van der Waals surface area (Å²) in [6.07, 6.45) is 13.5. The van der Waals surface area contributed by atoms with E-state index in [0.717, 1.165) is 77.0 Å². The van der Waals surface area contributed by atoms with E-state index in [-0.39, 0.29) is 18.0 Å². The first kappa shape index (κ1) is 25.9. The van der Waals surface area contributed by atoms with Gasteiger partial charge in [0.15, 0.2) is 0 Å². The average molecular weight is 385 g/mol. The number of carbonyl (C=O) groups excluding carboxylic acids is 2. The minimum atomic E-state index is -0.0600. The van der Waals surface area contributed by atoms with Crippen LogP contribution in [0, 0.1) is 5.92 Å². The normalized spacial score (nSPS) is 11.2. The topological polar surface area (TPSA) is 52.6 Å². The fourth-order valence-corrected chi connectivity index (χ4v) is 3.15. The summed E-state index contributed by atoms with van der Waals surface area (Å²) in [5.74, 6) is 0.567. The molecule has 160 valence electrons. The monoisotopic (exact) mass is 384 g/mol. The van der Waals surface area contributed by atoms with Crippen molar-refractivity contribution in [1.29, 1.82) is 0 Å². The van der Waals surface area contributed by atoms with E-state index in [0.29, 0.717) is 25.4 Å². The lowest BCUT2D eigenvalue weighted by molar-refractivity contribution is -0.150. The van der Waals surface area contributed by atoms with Crippen LogP contribution in [0.2, 0.25) is 0 Å². The van der Waals surface area contributed by atoms with Gasteiger partial charge in [-0.25, -0.2) is 0 Å². The molecule has 0 aromatic carbocycles. The smallest absolute Gasteiger partial charge is 0.306 e. The fraction of sp³-hybridized carbons (Fsp3) is 0.913. The van der Waals surface area contributed by atoms with Gasteiger partial charge in [0.2, 0.25) is 0 Å². The number of hydrogen-bond donors (Lipinski definition) is 0. The van der Waals surface area contributed by atoms with Gasteiger partial charge in [-0.1, -0.05) is 66.2 Å². The zero-order valence-corrected chi connectivity index (χ0v) is 18.4. The van der Waals surface area contributed by atoms with Crippen molar-refractivity contribution >= 4 is 11.9 Å². The Kier molecular flexibility index (Phi) is 17.6. The molecule has 0 aliphatic heterocycles. The minimum Gasteiger partial charge on any atom is -0.466 e. The van der Waals surface area contributed by atoms with Gasteiger partial charge < -0.3 is 9.47 Å². The lowest BCUT2D eigenvalue weighted by Gasteiger charge is -2.16. The van der Waals surface area contributed by atoms with Gasteiger partial charge >= 0.3 is 11.9 Å². The van der Waals surface area contributed by atoms with Gasteiger partial charge in [0.25, 0.3) is 0 Å². The second-order valence-electron chi connectivity index (χ2n) is 8.07. The number of unbranched alkanes of at least 4 members (excludes halogenated alkanes) is 5. The Hall–Kier alpha value is -1.06. The molecule has 0 saturated carbocycles. The van der Waals surface area contributed by atoms with Gasteiger partial charge in [0.05, 0.1) is 6.61 Å². The van der Waals surface area contributed by atoms with Crippen molar-refractivity contribution in [2.45, 2.75) is 124 Å². The van der Waals surface area contributed by atoms with E-state index in [1.165, 1.54) is 0 Å². The molecule has 0 fully saturated rings. The first-order valence-electron chi connectivity index (χ1n) is 11.3. The van der Waals surface area contributed by atoms with Crippen LogP contribution in [-0.4, -0.2) is 24.6 Å². The van der Waals surface area contributed by atoms with E-state index < -0.39 is 0 Å². The summed E-state index contributed by atoms with van der Waals surface area (Å²) in [5.41, 5.74) is 0. The van der Waals surface area contributed by atoms with E-state index in [1.807, 2.05) is 0 Å². The maximum atomic E-state index is 11.9. The SMILES string of the molecule is CCCC(CCC)OC(=O)CCCCCCCCC(=O)OCCCC(C)C. The van der Waals surface area contributed by atoms with Crippen molar-refractivity contribution in [3.8, 4) is 0 Å². The van der Waals surface area contributed by atoms with Crippen LogP contribution in [-0.2, 0) is 19.1 Å². The average Bonchev–Trinajstić information content (AvgIpc) is 2.61. The summed E-state index contributed by atoms with van der Waals surface area (Å²) in [6.45, 7) is 9.18. The number of ether oxygens (including phenoxy) is 2. The summed E-state index contributed by atoms with van der Waals surface area (Å²) in [5, 5.41) is 0. The largest absolute Gasteiger partial charge is 0.466 e. The van der Waals surface area contributed by atoms with Crippen LogP contribution in [0.5, 0.6) is 0 Å². The summed E-state index contributed by atoms with van der Waals surface area (Å²) in [7, 11) is 0. The molecule has 0 aliphatic carbocycles. The van der Waals surface area contributed by atoms with Gasteiger partial charge in [-0.05, 0) is 44.4 Å². The molecule has 4 heteroatoms. The highest BCUT2D eigenvalue weighted by Crippen LogP contribution is 2.13. The number of esters is 2. The molecule has 0 aromatic rings. The fourth-order valence-electron chi connectivity index (χ4n) is 3.15. The first-order valence-corrected chi connectivity index (χ1v) is 11.3. The molecule has 0 heterocycles. The maximum Gasteiger partial charge on any atom is 0.306 e. The molecule has 0 aromatic heterocycles. The molecular formula is C23H44O4. The molecule has 27 heavy (non-hydrogen) atoms. The molecule has 0 aliphatic rings. The van der Waals surface area contributed by atoms with Crippen molar-refractivity contribution in [3.05, 3.63) is 0 Å². The van der Waals surface area contributed by atoms with E-state index in [4.69, 9.17) is 9.47 Å². The van der Waals surface area contributed by atoms with Crippen molar-refractivity contribution < 1.29 is 19.1 Å². The predicted octanol–water partition coefficient (Wildman–Crippen LogP) is 6.60. The molecule has 0 spiro atoms. The minimum absolute atomic E-state index is 0.0397. The molecule has 4 nitrogen and oxygen atoms in total. The number of hydrogen-bond acceptors (Lipinski definition) is 4. The van der Waals surface area contributed by atoms with E-state index in [9.17, 15) is 9.59 Å². The Bertz CT molecular complexity index is 359. The van der Waals surface area contributed by atoms with Gasteiger partial charge in [-0.2, -0.15) is 0 Å². The Morgan fingerprint density at radius 1 is 0.704 bits per heavy atom. The number of carbonyl (C=O) groups is 2. The summed E-state index contributed by atoms with van der Waals surface area (Å²) >= 11 is 0. The quantitative estimate of drug-likeness (QED) is 0.197. The van der Waals surface area contributed by atoms with E-state index in [1.54, 1.807) is 0 Å². The standard InChI is InChI=1S/C23H44O4/c1-5-14-21(15-6-2)27-23(25)18-12-10-8-7-9-11-17-22(24)26-19-13-16-20(3)4/h20-21H,5-19H2,1-4H3. The van der Waals surface area contributed by atoms with Crippen molar-refractivity contribution in [1.82, 2.24) is 0 Å². The lowest BCUT2D eigenvalue weighted by Crippen LogP contribution is -2.17. The third kappa shape index (κ3) is 18.1. The Labute approximate surface area is 167 Å². The van der Waals surface area contributed by atoms with Crippen LogP contribution in [0.4, 0.5) is 0 Å². The molecule has 0 unspecified atom stereocenters. The second kappa shape index (κ2) is 18.3. The molecule has 0 bridgehead atoms. The maximum absolute atomic E-state index is 11.9. The van der Waals surface area contributed by atoms with Crippen LogP contribution in [0.25, 0.3) is 0 Å². The zero-order valence-electron chi connectivity index (χ0n) is 18.4. The number of rotatable bonds is 18. The van der Waals surface area contributed by atoms with Crippen molar-refractivity contribution in [3.63, 3.8) is 0 Å². The molecule has 0 rings (SSSR count). The first-order chi connectivity index (χ1) is 13.0. The van der Waals surface area contributed by atoms with E-state index >= 15 is 0 Å².